The van der Waals surface area contributed by atoms with Crippen molar-refractivity contribution in [2.75, 3.05) is 0 Å². The molecule has 0 saturated heterocycles. The fourth-order valence-electron chi connectivity index (χ4n) is 1.03. The highest BCUT2D eigenvalue weighted by molar-refractivity contribution is 6.43. The Bertz CT molecular complexity index is 388. The Morgan fingerprint density at radius 1 is 1.40 bits per heavy atom. The van der Waals surface area contributed by atoms with Crippen molar-refractivity contribution in [1.82, 2.24) is 0 Å². The summed E-state index contributed by atoms with van der Waals surface area (Å²) in [5.41, 5.74) is 0.0556. The van der Waals surface area contributed by atoms with E-state index in [2.05, 4.69) is 0 Å². The van der Waals surface area contributed by atoms with E-state index in [1.807, 2.05) is 13.8 Å². The Balaban J connectivity index is 3.19. The summed E-state index contributed by atoms with van der Waals surface area (Å²) in [6.07, 6.45) is -0.0948. The monoisotopic (exact) mass is 248 g/mol. The van der Waals surface area contributed by atoms with Gasteiger partial charge in [0.05, 0.1) is 16.7 Å². The molecule has 1 aromatic carbocycles. The minimum absolute atomic E-state index is 0.0556. The SMILES string of the molecule is CC(C)Oc1cc(C(=O)O)cc(Cl)c1Cl. The number of ether oxygens (including phenoxy) is 1. The molecule has 1 N–H and O–H groups in total. The molecule has 0 aromatic heterocycles. The van der Waals surface area contributed by atoms with Crippen LogP contribution in [0, 0.1) is 0 Å². The van der Waals surface area contributed by atoms with Crippen molar-refractivity contribution in [3.05, 3.63) is 27.7 Å². The summed E-state index contributed by atoms with van der Waals surface area (Å²) in [5, 5.41) is 9.21. The van der Waals surface area contributed by atoms with Crippen LogP contribution < -0.4 is 4.74 Å². The topological polar surface area (TPSA) is 46.5 Å². The number of halogens is 2. The van der Waals surface area contributed by atoms with Crippen molar-refractivity contribution >= 4 is 29.2 Å². The molecule has 5 heteroatoms. The van der Waals surface area contributed by atoms with Crippen LogP contribution in [0.2, 0.25) is 10.0 Å². The number of rotatable bonds is 3. The van der Waals surface area contributed by atoms with Crippen LogP contribution in [0.25, 0.3) is 0 Å². The fraction of sp³-hybridized carbons (Fsp3) is 0.300. The maximum absolute atomic E-state index is 10.7. The van der Waals surface area contributed by atoms with Gasteiger partial charge in [-0.15, -0.1) is 0 Å². The fourth-order valence-corrected chi connectivity index (χ4v) is 1.39. The first-order chi connectivity index (χ1) is 6.91. The molecule has 0 heterocycles. The molecule has 1 aromatic rings. The Labute approximate surface area is 97.6 Å². The highest BCUT2D eigenvalue weighted by atomic mass is 35.5. The van der Waals surface area contributed by atoms with Crippen LogP contribution in [0.15, 0.2) is 12.1 Å². The van der Waals surface area contributed by atoms with E-state index in [0.717, 1.165) is 0 Å². The molecule has 0 unspecified atom stereocenters. The molecule has 0 aliphatic rings. The molecule has 0 amide bonds. The van der Waals surface area contributed by atoms with Crippen LogP contribution in [0.4, 0.5) is 0 Å². The highest BCUT2D eigenvalue weighted by Gasteiger charge is 2.13. The second-order valence-electron chi connectivity index (χ2n) is 3.24. The Morgan fingerprint density at radius 3 is 2.47 bits per heavy atom. The van der Waals surface area contributed by atoms with Gasteiger partial charge in [-0.2, -0.15) is 0 Å². The lowest BCUT2D eigenvalue weighted by molar-refractivity contribution is 0.0696. The van der Waals surface area contributed by atoms with Crippen LogP contribution in [-0.2, 0) is 0 Å². The van der Waals surface area contributed by atoms with E-state index < -0.39 is 5.97 Å². The molecule has 0 spiro atoms. The van der Waals surface area contributed by atoms with E-state index >= 15 is 0 Å². The normalized spacial score (nSPS) is 10.5. The molecule has 0 radical (unpaired) electrons. The maximum Gasteiger partial charge on any atom is 0.335 e. The van der Waals surface area contributed by atoms with Crippen LogP contribution in [0.5, 0.6) is 5.75 Å². The molecule has 0 fully saturated rings. The van der Waals surface area contributed by atoms with Gasteiger partial charge in [-0.05, 0) is 26.0 Å². The van der Waals surface area contributed by atoms with Crippen molar-refractivity contribution in [3.63, 3.8) is 0 Å². The van der Waals surface area contributed by atoms with Crippen molar-refractivity contribution in [2.24, 2.45) is 0 Å². The lowest BCUT2D eigenvalue weighted by Crippen LogP contribution is -2.07. The van der Waals surface area contributed by atoms with E-state index in [-0.39, 0.29) is 27.5 Å². The Morgan fingerprint density at radius 2 is 2.00 bits per heavy atom. The molecule has 82 valence electrons. The lowest BCUT2D eigenvalue weighted by atomic mass is 10.2. The maximum atomic E-state index is 10.7. The molecule has 0 bridgehead atoms. The van der Waals surface area contributed by atoms with Crippen molar-refractivity contribution in [1.29, 1.82) is 0 Å². The smallest absolute Gasteiger partial charge is 0.335 e. The molecule has 0 atom stereocenters. The Kier molecular flexibility index (Phi) is 3.83. The zero-order valence-electron chi connectivity index (χ0n) is 8.25. The summed E-state index contributed by atoms with van der Waals surface area (Å²) in [7, 11) is 0. The van der Waals surface area contributed by atoms with E-state index in [9.17, 15) is 4.79 Å². The molecule has 15 heavy (non-hydrogen) atoms. The predicted molar refractivity (Wildman–Crippen MR) is 59.2 cm³/mol. The summed E-state index contributed by atoms with van der Waals surface area (Å²) in [6.45, 7) is 3.63. The van der Waals surface area contributed by atoms with Crippen LogP contribution >= 0.6 is 23.2 Å². The average molecular weight is 249 g/mol. The summed E-state index contributed by atoms with van der Waals surface area (Å²) in [5.74, 6) is -0.779. The van der Waals surface area contributed by atoms with Crippen molar-refractivity contribution < 1.29 is 14.6 Å². The number of carbonyl (C=O) groups is 1. The number of hydrogen-bond acceptors (Lipinski definition) is 2. The molecule has 0 aliphatic heterocycles. The quantitative estimate of drug-likeness (QED) is 0.891. The van der Waals surface area contributed by atoms with Gasteiger partial charge in [0, 0.05) is 0 Å². The minimum atomic E-state index is -1.07. The van der Waals surface area contributed by atoms with Gasteiger partial charge in [0.1, 0.15) is 10.8 Å². The van der Waals surface area contributed by atoms with Crippen LogP contribution in [0.1, 0.15) is 24.2 Å². The summed E-state index contributed by atoms with van der Waals surface area (Å²) < 4.78 is 5.34. The average Bonchev–Trinajstić information content (AvgIpc) is 2.11. The van der Waals surface area contributed by atoms with Gasteiger partial charge < -0.3 is 9.84 Å². The molecule has 0 aliphatic carbocycles. The van der Waals surface area contributed by atoms with Crippen LogP contribution in [0.3, 0.4) is 0 Å². The number of carboxylic acids is 1. The van der Waals surface area contributed by atoms with E-state index in [0.29, 0.717) is 0 Å². The number of benzene rings is 1. The first kappa shape index (κ1) is 12.1. The molecular weight excluding hydrogens is 239 g/mol. The largest absolute Gasteiger partial charge is 0.489 e. The summed E-state index contributed by atoms with van der Waals surface area (Å²) in [6, 6.07) is 2.65. The van der Waals surface area contributed by atoms with Gasteiger partial charge in [0.15, 0.2) is 0 Å². The van der Waals surface area contributed by atoms with Gasteiger partial charge in [-0.1, -0.05) is 23.2 Å². The van der Waals surface area contributed by atoms with E-state index in [1.165, 1.54) is 12.1 Å². The molecular formula is C10H10Cl2O3. The van der Waals surface area contributed by atoms with E-state index in [1.54, 1.807) is 0 Å². The second-order valence-corrected chi connectivity index (χ2v) is 4.03. The first-order valence-corrected chi connectivity index (χ1v) is 5.06. The standard InChI is InChI=1S/C10H10Cl2O3/c1-5(2)15-8-4-6(10(13)14)3-7(11)9(8)12/h3-5H,1-2H3,(H,13,14). The van der Waals surface area contributed by atoms with Crippen LogP contribution in [-0.4, -0.2) is 17.2 Å². The number of aromatic carboxylic acids is 1. The lowest BCUT2D eigenvalue weighted by Gasteiger charge is -2.12. The third kappa shape index (κ3) is 3.01. The minimum Gasteiger partial charge on any atom is -0.489 e. The third-order valence-corrected chi connectivity index (χ3v) is 2.39. The highest BCUT2D eigenvalue weighted by Crippen LogP contribution is 2.34. The number of carboxylic acid groups (broad SMARTS) is 1. The number of hydrogen-bond donors (Lipinski definition) is 1. The van der Waals surface area contributed by atoms with Gasteiger partial charge in [0.25, 0.3) is 0 Å². The Hall–Kier alpha value is -0.930. The third-order valence-electron chi connectivity index (χ3n) is 1.60. The zero-order chi connectivity index (χ0) is 11.6. The predicted octanol–water partition coefficient (Wildman–Crippen LogP) is 3.48. The molecule has 3 nitrogen and oxygen atoms in total. The van der Waals surface area contributed by atoms with Gasteiger partial charge in [0.2, 0.25) is 0 Å². The van der Waals surface area contributed by atoms with Gasteiger partial charge >= 0.3 is 5.97 Å². The first-order valence-electron chi connectivity index (χ1n) is 4.30. The summed E-state index contributed by atoms with van der Waals surface area (Å²) >= 11 is 11.6. The second kappa shape index (κ2) is 4.73. The van der Waals surface area contributed by atoms with Crippen molar-refractivity contribution in [2.45, 2.75) is 20.0 Å². The van der Waals surface area contributed by atoms with Gasteiger partial charge in [-0.25, -0.2) is 4.79 Å². The summed E-state index contributed by atoms with van der Waals surface area (Å²) in [4.78, 5) is 10.7. The van der Waals surface area contributed by atoms with Crippen molar-refractivity contribution in [3.8, 4) is 5.75 Å². The zero-order valence-corrected chi connectivity index (χ0v) is 9.76. The van der Waals surface area contributed by atoms with E-state index in [4.69, 9.17) is 33.0 Å². The molecule has 1 rings (SSSR count). The van der Waals surface area contributed by atoms with Gasteiger partial charge in [-0.3, -0.25) is 0 Å². The molecule has 0 saturated carbocycles.